The number of carbonyl (C=O) groups excluding carboxylic acids is 1. The lowest BCUT2D eigenvalue weighted by Crippen LogP contribution is -2.25. The minimum atomic E-state index is -0.0343. The number of hydrogen-bond donors (Lipinski definition) is 1. The molecule has 0 radical (unpaired) electrons. The molecule has 1 saturated heterocycles. The van der Waals surface area contributed by atoms with Crippen molar-refractivity contribution in [3.8, 4) is 5.88 Å². The molecule has 0 aromatic carbocycles. The van der Waals surface area contributed by atoms with Crippen molar-refractivity contribution in [3.05, 3.63) is 23.9 Å². The number of rotatable bonds is 4. The van der Waals surface area contributed by atoms with E-state index in [4.69, 9.17) is 4.74 Å². The molecule has 1 amide bonds. The van der Waals surface area contributed by atoms with Crippen molar-refractivity contribution in [1.82, 2.24) is 10.3 Å². The molecule has 1 aromatic heterocycles. The van der Waals surface area contributed by atoms with Crippen LogP contribution in [-0.4, -0.2) is 34.5 Å². The minimum absolute atomic E-state index is 0.0343. The van der Waals surface area contributed by atoms with E-state index in [9.17, 15) is 4.79 Å². The third-order valence-electron chi connectivity index (χ3n) is 3.09. The van der Waals surface area contributed by atoms with Crippen LogP contribution in [0, 0.1) is 0 Å². The van der Waals surface area contributed by atoms with Gasteiger partial charge in [0, 0.05) is 24.1 Å². The standard InChI is InChI=1S/C13H16N2O2S/c16-13(15-10-2-3-10)9-1-4-12(14-7-9)17-11-5-6-18-8-11/h1,4,7,10-11H,2-3,5-6,8H2,(H,15,16). The van der Waals surface area contributed by atoms with E-state index in [0.717, 1.165) is 30.8 Å². The zero-order valence-electron chi connectivity index (χ0n) is 10.1. The van der Waals surface area contributed by atoms with Crippen LogP contribution in [0.1, 0.15) is 29.6 Å². The summed E-state index contributed by atoms with van der Waals surface area (Å²) in [5.74, 6) is 2.77. The fraction of sp³-hybridized carbons (Fsp3) is 0.538. The van der Waals surface area contributed by atoms with Gasteiger partial charge in [-0.15, -0.1) is 0 Å². The number of amides is 1. The van der Waals surface area contributed by atoms with Crippen LogP contribution in [-0.2, 0) is 0 Å². The Morgan fingerprint density at radius 1 is 1.39 bits per heavy atom. The first-order valence-corrected chi connectivity index (χ1v) is 7.48. The lowest BCUT2D eigenvalue weighted by Gasteiger charge is -2.11. The maximum atomic E-state index is 11.8. The molecule has 1 N–H and O–H groups in total. The molecule has 1 aliphatic heterocycles. The SMILES string of the molecule is O=C(NC1CC1)c1ccc(OC2CCSC2)nc1. The lowest BCUT2D eigenvalue weighted by atomic mass is 10.2. The van der Waals surface area contributed by atoms with E-state index in [1.807, 2.05) is 11.8 Å². The largest absolute Gasteiger partial charge is 0.473 e. The van der Waals surface area contributed by atoms with Gasteiger partial charge in [-0.25, -0.2) is 4.98 Å². The quantitative estimate of drug-likeness (QED) is 0.902. The smallest absolute Gasteiger partial charge is 0.253 e. The lowest BCUT2D eigenvalue weighted by molar-refractivity contribution is 0.0950. The Labute approximate surface area is 111 Å². The predicted octanol–water partition coefficient (Wildman–Crippen LogP) is 1.86. The number of nitrogens with zero attached hydrogens (tertiary/aromatic N) is 1. The number of pyridine rings is 1. The second-order valence-electron chi connectivity index (χ2n) is 4.74. The molecule has 4 nitrogen and oxygen atoms in total. The van der Waals surface area contributed by atoms with Gasteiger partial charge in [0.2, 0.25) is 5.88 Å². The second-order valence-corrected chi connectivity index (χ2v) is 5.89. The summed E-state index contributed by atoms with van der Waals surface area (Å²) in [5.41, 5.74) is 0.607. The first kappa shape index (κ1) is 11.8. The van der Waals surface area contributed by atoms with Crippen LogP contribution in [0.3, 0.4) is 0 Å². The Morgan fingerprint density at radius 3 is 2.89 bits per heavy atom. The van der Waals surface area contributed by atoms with E-state index >= 15 is 0 Å². The van der Waals surface area contributed by atoms with Crippen molar-refractivity contribution in [2.75, 3.05) is 11.5 Å². The number of aromatic nitrogens is 1. The molecule has 2 aliphatic rings. The number of thioether (sulfide) groups is 1. The van der Waals surface area contributed by atoms with Gasteiger partial charge in [0.05, 0.1) is 5.56 Å². The van der Waals surface area contributed by atoms with Crippen molar-refractivity contribution in [2.45, 2.75) is 31.4 Å². The van der Waals surface area contributed by atoms with Crippen LogP contribution in [0.25, 0.3) is 0 Å². The van der Waals surface area contributed by atoms with Gasteiger partial charge in [-0.1, -0.05) is 0 Å². The van der Waals surface area contributed by atoms with Crippen molar-refractivity contribution in [3.63, 3.8) is 0 Å². The highest BCUT2D eigenvalue weighted by Crippen LogP contribution is 2.22. The molecular weight excluding hydrogens is 248 g/mol. The molecule has 3 rings (SSSR count). The first-order chi connectivity index (χ1) is 8.81. The minimum Gasteiger partial charge on any atom is -0.473 e. The van der Waals surface area contributed by atoms with Crippen molar-refractivity contribution >= 4 is 17.7 Å². The van der Waals surface area contributed by atoms with Gasteiger partial charge in [-0.05, 0) is 31.1 Å². The highest BCUT2D eigenvalue weighted by molar-refractivity contribution is 7.99. The van der Waals surface area contributed by atoms with E-state index in [0.29, 0.717) is 17.5 Å². The van der Waals surface area contributed by atoms with Crippen LogP contribution < -0.4 is 10.1 Å². The topological polar surface area (TPSA) is 51.2 Å². The summed E-state index contributed by atoms with van der Waals surface area (Å²) in [6.07, 6.45) is 5.14. The second kappa shape index (κ2) is 5.18. The Morgan fingerprint density at radius 2 is 2.28 bits per heavy atom. The third-order valence-corrected chi connectivity index (χ3v) is 4.22. The van der Waals surface area contributed by atoms with Crippen LogP contribution >= 0.6 is 11.8 Å². The van der Waals surface area contributed by atoms with Gasteiger partial charge in [-0.2, -0.15) is 11.8 Å². The zero-order chi connectivity index (χ0) is 12.4. The molecule has 1 saturated carbocycles. The van der Waals surface area contributed by atoms with E-state index in [2.05, 4.69) is 10.3 Å². The molecule has 2 heterocycles. The zero-order valence-corrected chi connectivity index (χ0v) is 10.9. The molecule has 1 unspecified atom stereocenters. The van der Waals surface area contributed by atoms with E-state index < -0.39 is 0 Å². The molecule has 0 spiro atoms. The number of nitrogens with one attached hydrogen (secondary N) is 1. The van der Waals surface area contributed by atoms with E-state index in [-0.39, 0.29) is 12.0 Å². The van der Waals surface area contributed by atoms with Crippen molar-refractivity contribution < 1.29 is 9.53 Å². The van der Waals surface area contributed by atoms with Crippen LogP contribution in [0.5, 0.6) is 5.88 Å². The Balaban J connectivity index is 1.58. The number of hydrogen-bond acceptors (Lipinski definition) is 4. The summed E-state index contributed by atoms with van der Waals surface area (Å²) in [6, 6.07) is 3.94. The molecular formula is C13H16N2O2S. The van der Waals surface area contributed by atoms with E-state index in [1.54, 1.807) is 18.3 Å². The maximum absolute atomic E-state index is 11.8. The van der Waals surface area contributed by atoms with Gasteiger partial charge in [0.25, 0.3) is 5.91 Å². The Kier molecular flexibility index (Phi) is 3.41. The molecule has 2 fully saturated rings. The summed E-state index contributed by atoms with van der Waals surface area (Å²) >= 11 is 1.91. The fourth-order valence-corrected chi connectivity index (χ4v) is 2.95. The van der Waals surface area contributed by atoms with E-state index in [1.165, 1.54) is 0 Å². The van der Waals surface area contributed by atoms with Crippen molar-refractivity contribution in [2.24, 2.45) is 0 Å². The van der Waals surface area contributed by atoms with Gasteiger partial charge in [0.1, 0.15) is 6.10 Å². The summed E-state index contributed by atoms with van der Waals surface area (Å²) in [4.78, 5) is 16.0. The first-order valence-electron chi connectivity index (χ1n) is 6.32. The average molecular weight is 264 g/mol. The van der Waals surface area contributed by atoms with Gasteiger partial charge >= 0.3 is 0 Å². The fourth-order valence-electron chi connectivity index (χ4n) is 1.86. The molecule has 0 bridgehead atoms. The monoisotopic (exact) mass is 264 g/mol. The van der Waals surface area contributed by atoms with Crippen molar-refractivity contribution in [1.29, 1.82) is 0 Å². The van der Waals surface area contributed by atoms with Gasteiger partial charge < -0.3 is 10.1 Å². The molecule has 96 valence electrons. The highest BCUT2D eigenvalue weighted by atomic mass is 32.2. The maximum Gasteiger partial charge on any atom is 0.253 e. The number of ether oxygens (including phenoxy) is 1. The normalized spacial score (nSPS) is 22.8. The van der Waals surface area contributed by atoms with Crippen LogP contribution in [0.4, 0.5) is 0 Å². The Bertz CT molecular complexity index is 425. The molecule has 1 aromatic rings. The average Bonchev–Trinajstić information content (AvgIpc) is 3.04. The van der Waals surface area contributed by atoms with Gasteiger partial charge in [-0.3, -0.25) is 4.79 Å². The molecule has 5 heteroatoms. The summed E-state index contributed by atoms with van der Waals surface area (Å²) in [5, 5.41) is 2.94. The summed E-state index contributed by atoms with van der Waals surface area (Å²) < 4.78 is 5.74. The molecule has 1 aliphatic carbocycles. The Hall–Kier alpha value is -1.23. The molecule has 1 atom stereocenters. The highest BCUT2D eigenvalue weighted by Gasteiger charge is 2.24. The summed E-state index contributed by atoms with van der Waals surface area (Å²) in [7, 11) is 0. The molecule has 18 heavy (non-hydrogen) atoms. The van der Waals surface area contributed by atoms with Crippen LogP contribution in [0.2, 0.25) is 0 Å². The summed E-state index contributed by atoms with van der Waals surface area (Å²) in [6.45, 7) is 0. The number of carbonyl (C=O) groups is 1. The third kappa shape index (κ3) is 2.96. The van der Waals surface area contributed by atoms with Gasteiger partial charge in [0.15, 0.2) is 0 Å². The predicted molar refractivity (Wildman–Crippen MR) is 71.1 cm³/mol. The van der Waals surface area contributed by atoms with Crippen LogP contribution in [0.15, 0.2) is 18.3 Å².